The van der Waals surface area contributed by atoms with Crippen LogP contribution in [0.3, 0.4) is 0 Å². The van der Waals surface area contributed by atoms with Gasteiger partial charge in [0.15, 0.2) is 0 Å². The van der Waals surface area contributed by atoms with Crippen molar-refractivity contribution in [3.05, 3.63) is 30.1 Å². The highest BCUT2D eigenvalue weighted by Crippen LogP contribution is 2.23. The van der Waals surface area contributed by atoms with Gasteiger partial charge in [0.05, 0.1) is 0 Å². The molecule has 1 saturated heterocycles. The Hall–Kier alpha value is -0.840. The quantitative estimate of drug-likeness (QED) is 0.890. The summed E-state index contributed by atoms with van der Waals surface area (Å²) >= 11 is 0. The Morgan fingerprint density at radius 3 is 2.82 bits per heavy atom. The summed E-state index contributed by atoms with van der Waals surface area (Å²) in [4.78, 5) is 18.6. The molecule has 2 N–H and O–H groups in total. The fourth-order valence-corrected chi connectivity index (χ4v) is 3.03. The minimum Gasteiger partial charge on any atom is -0.338 e. The molecule has 0 aliphatic carbocycles. The minimum absolute atomic E-state index is 0. The lowest BCUT2D eigenvalue weighted by molar-refractivity contribution is -0.136. The Balaban J connectivity index is 0.00000220. The molecule has 2 unspecified atom stereocenters. The lowest BCUT2D eigenvalue weighted by Gasteiger charge is -2.39. The van der Waals surface area contributed by atoms with E-state index in [4.69, 9.17) is 5.73 Å². The molecule has 1 aromatic heterocycles. The van der Waals surface area contributed by atoms with Crippen LogP contribution in [0.15, 0.2) is 24.4 Å². The van der Waals surface area contributed by atoms with Crippen LogP contribution in [-0.4, -0.2) is 34.9 Å². The summed E-state index contributed by atoms with van der Waals surface area (Å²) in [5, 5.41) is 0. The Labute approximate surface area is 145 Å². The van der Waals surface area contributed by atoms with Gasteiger partial charge in [-0.2, -0.15) is 0 Å². The van der Waals surface area contributed by atoms with Crippen LogP contribution >= 0.6 is 24.8 Å². The van der Waals surface area contributed by atoms with Crippen LogP contribution in [0, 0.1) is 5.92 Å². The summed E-state index contributed by atoms with van der Waals surface area (Å²) in [6, 6.07) is 6.14. The lowest BCUT2D eigenvalue weighted by atomic mass is 9.90. The zero-order valence-corrected chi connectivity index (χ0v) is 14.7. The van der Waals surface area contributed by atoms with Gasteiger partial charge in [-0.15, -0.1) is 24.8 Å². The summed E-state index contributed by atoms with van der Waals surface area (Å²) in [5.41, 5.74) is 6.90. The summed E-state index contributed by atoms with van der Waals surface area (Å²) in [6.45, 7) is 3.65. The molecular formula is C16H27Cl2N3O. The number of hydrogen-bond donors (Lipinski definition) is 1. The van der Waals surface area contributed by atoms with Crippen molar-refractivity contribution in [2.24, 2.45) is 11.7 Å². The molecule has 126 valence electrons. The van der Waals surface area contributed by atoms with Crippen molar-refractivity contribution in [1.82, 2.24) is 9.88 Å². The van der Waals surface area contributed by atoms with Gasteiger partial charge in [-0.05, 0) is 43.7 Å². The van der Waals surface area contributed by atoms with Crippen molar-refractivity contribution >= 4 is 30.7 Å². The van der Waals surface area contributed by atoms with Gasteiger partial charge in [-0.1, -0.05) is 13.0 Å². The number of rotatable bonds is 5. The predicted octanol–water partition coefficient (Wildman–Crippen LogP) is 2.83. The monoisotopic (exact) mass is 347 g/mol. The number of piperidine rings is 1. The molecule has 2 rings (SSSR count). The average molecular weight is 348 g/mol. The third-order valence-corrected chi connectivity index (χ3v) is 4.23. The maximum absolute atomic E-state index is 12.4. The minimum atomic E-state index is 0. The van der Waals surface area contributed by atoms with Crippen LogP contribution in [0.25, 0.3) is 0 Å². The normalized spacial score (nSPS) is 20.7. The number of nitrogens with zero attached hydrogens (tertiary/aromatic N) is 2. The van der Waals surface area contributed by atoms with Crippen LogP contribution in [0.5, 0.6) is 0 Å². The molecule has 1 aromatic rings. The maximum Gasteiger partial charge on any atom is 0.222 e. The molecule has 1 amide bonds. The average Bonchev–Trinajstić information content (AvgIpc) is 2.48. The Bertz CT molecular complexity index is 431. The van der Waals surface area contributed by atoms with Crippen molar-refractivity contribution in [1.29, 1.82) is 0 Å². The predicted molar refractivity (Wildman–Crippen MR) is 94.6 cm³/mol. The first kappa shape index (κ1) is 21.2. The van der Waals surface area contributed by atoms with Gasteiger partial charge in [-0.25, -0.2) is 0 Å². The van der Waals surface area contributed by atoms with Crippen LogP contribution in [-0.2, 0) is 11.2 Å². The standard InChI is InChI=1S/C16H25N3O.2ClH/c1-13-6-5-11-19(15(13)12-17)16(20)9-4-8-14-7-2-3-10-18-14;;/h2-3,7,10,13,15H,4-6,8-9,11-12,17H2,1H3;2*1H. The van der Waals surface area contributed by atoms with Gasteiger partial charge in [0.25, 0.3) is 0 Å². The molecule has 0 aromatic carbocycles. The van der Waals surface area contributed by atoms with Crippen LogP contribution in [0.2, 0.25) is 0 Å². The van der Waals surface area contributed by atoms with Crippen molar-refractivity contribution in [2.75, 3.05) is 13.1 Å². The molecular weight excluding hydrogens is 321 g/mol. The highest BCUT2D eigenvalue weighted by Gasteiger charge is 2.30. The highest BCUT2D eigenvalue weighted by atomic mass is 35.5. The Morgan fingerprint density at radius 2 is 2.18 bits per heavy atom. The molecule has 1 aliphatic heterocycles. The van der Waals surface area contributed by atoms with Crippen molar-refractivity contribution in [3.8, 4) is 0 Å². The third-order valence-electron chi connectivity index (χ3n) is 4.23. The Morgan fingerprint density at radius 1 is 1.41 bits per heavy atom. The number of aryl methyl sites for hydroxylation is 1. The largest absolute Gasteiger partial charge is 0.338 e. The molecule has 2 heterocycles. The third kappa shape index (κ3) is 5.75. The van der Waals surface area contributed by atoms with E-state index in [9.17, 15) is 4.79 Å². The fourth-order valence-electron chi connectivity index (χ4n) is 3.03. The molecule has 4 nitrogen and oxygen atoms in total. The molecule has 2 atom stereocenters. The number of pyridine rings is 1. The van der Waals surface area contributed by atoms with E-state index in [0.29, 0.717) is 18.9 Å². The molecule has 1 aliphatic rings. The summed E-state index contributed by atoms with van der Waals surface area (Å²) in [5.74, 6) is 0.774. The number of likely N-dealkylation sites (tertiary alicyclic amines) is 1. The number of aromatic nitrogens is 1. The number of hydrogen-bond acceptors (Lipinski definition) is 3. The molecule has 22 heavy (non-hydrogen) atoms. The van der Waals surface area contributed by atoms with E-state index in [1.54, 1.807) is 6.20 Å². The van der Waals surface area contributed by atoms with E-state index in [2.05, 4.69) is 11.9 Å². The Kier molecular flexibility index (Phi) is 10.4. The zero-order valence-electron chi connectivity index (χ0n) is 13.1. The number of carbonyl (C=O) groups is 1. The van der Waals surface area contributed by atoms with Gasteiger partial charge in [0.2, 0.25) is 5.91 Å². The van der Waals surface area contributed by atoms with E-state index in [-0.39, 0.29) is 36.8 Å². The highest BCUT2D eigenvalue weighted by molar-refractivity contribution is 5.85. The summed E-state index contributed by atoms with van der Waals surface area (Å²) in [7, 11) is 0. The smallest absolute Gasteiger partial charge is 0.222 e. The van der Waals surface area contributed by atoms with Crippen LogP contribution < -0.4 is 5.73 Å². The lowest BCUT2D eigenvalue weighted by Crippen LogP contribution is -2.51. The second-order valence-corrected chi connectivity index (χ2v) is 5.68. The molecule has 6 heteroatoms. The van der Waals surface area contributed by atoms with E-state index in [1.807, 2.05) is 23.1 Å². The first-order valence-corrected chi connectivity index (χ1v) is 7.62. The molecule has 0 saturated carbocycles. The summed E-state index contributed by atoms with van der Waals surface area (Å²) in [6.07, 6.45) is 6.40. The molecule has 1 fully saturated rings. The first-order valence-electron chi connectivity index (χ1n) is 7.62. The summed E-state index contributed by atoms with van der Waals surface area (Å²) < 4.78 is 0. The van der Waals surface area contributed by atoms with Gasteiger partial charge >= 0.3 is 0 Å². The van der Waals surface area contributed by atoms with E-state index in [0.717, 1.165) is 31.5 Å². The zero-order chi connectivity index (χ0) is 14.4. The van der Waals surface area contributed by atoms with Gasteiger partial charge < -0.3 is 10.6 Å². The number of carbonyl (C=O) groups excluding carboxylic acids is 1. The topological polar surface area (TPSA) is 59.2 Å². The second-order valence-electron chi connectivity index (χ2n) is 5.68. The second kappa shape index (κ2) is 10.8. The molecule has 0 radical (unpaired) electrons. The first-order chi connectivity index (χ1) is 9.72. The fraction of sp³-hybridized carbons (Fsp3) is 0.625. The van der Waals surface area contributed by atoms with Crippen LogP contribution in [0.4, 0.5) is 0 Å². The van der Waals surface area contributed by atoms with Crippen molar-refractivity contribution < 1.29 is 4.79 Å². The van der Waals surface area contributed by atoms with Crippen LogP contribution in [0.1, 0.15) is 38.3 Å². The molecule has 0 spiro atoms. The van der Waals surface area contributed by atoms with E-state index in [1.165, 1.54) is 6.42 Å². The van der Waals surface area contributed by atoms with E-state index < -0.39 is 0 Å². The van der Waals surface area contributed by atoms with Crippen molar-refractivity contribution in [2.45, 2.75) is 45.1 Å². The van der Waals surface area contributed by atoms with Gasteiger partial charge in [0, 0.05) is 37.4 Å². The maximum atomic E-state index is 12.4. The van der Waals surface area contributed by atoms with Gasteiger partial charge in [-0.3, -0.25) is 9.78 Å². The van der Waals surface area contributed by atoms with Crippen molar-refractivity contribution in [3.63, 3.8) is 0 Å². The molecule has 0 bridgehead atoms. The SMILES string of the molecule is CC1CCCN(C(=O)CCCc2ccccn2)C1CN.Cl.Cl. The number of amides is 1. The number of halogens is 2. The van der Waals surface area contributed by atoms with E-state index >= 15 is 0 Å². The van der Waals surface area contributed by atoms with Gasteiger partial charge in [0.1, 0.15) is 0 Å². The number of nitrogens with two attached hydrogens (primary N) is 1.